The molecule has 0 N–H and O–H groups in total. The minimum Gasteiger partial charge on any atom is -0.463 e. The first-order valence-electron chi connectivity index (χ1n) is 5.41. The number of furan rings is 1. The Kier molecular flexibility index (Phi) is 4.55. The molecule has 1 heterocycles. The van der Waals surface area contributed by atoms with E-state index in [0.717, 1.165) is 4.47 Å². The number of carbonyl (C=O) groups is 1. The van der Waals surface area contributed by atoms with Gasteiger partial charge in [0.25, 0.3) is 0 Å². The van der Waals surface area contributed by atoms with Crippen LogP contribution >= 0.6 is 15.9 Å². The highest BCUT2D eigenvalue weighted by atomic mass is 79.9. The van der Waals surface area contributed by atoms with Gasteiger partial charge >= 0.3 is 5.97 Å². The molecule has 1 atom stereocenters. The van der Waals surface area contributed by atoms with Crippen LogP contribution in [0, 0.1) is 0 Å². The topological polar surface area (TPSA) is 56.5 Å². The Bertz CT molecular complexity index is 603. The van der Waals surface area contributed by atoms with Crippen LogP contribution in [0.2, 0.25) is 0 Å². The van der Waals surface area contributed by atoms with E-state index in [9.17, 15) is 9.00 Å². The van der Waals surface area contributed by atoms with E-state index < -0.39 is 16.8 Å². The number of hydrogen-bond acceptors (Lipinski definition) is 4. The maximum Gasteiger partial charge on any atom is 0.373 e. The smallest absolute Gasteiger partial charge is 0.373 e. The van der Waals surface area contributed by atoms with Crippen LogP contribution in [-0.4, -0.2) is 17.3 Å². The first-order valence-corrected chi connectivity index (χ1v) is 7.52. The van der Waals surface area contributed by atoms with Crippen molar-refractivity contribution in [1.82, 2.24) is 0 Å². The monoisotopic (exact) mass is 342 g/mol. The van der Waals surface area contributed by atoms with Gasteiger partial charge in [-0.15, -0.1) is 0 Å². The number of rotatable bonds is 4. The summed E-state index contributed by atoms with van der Waals surface area (Å²) in [6, 6.07) is 10.4. The zero-order valence-electron chi connectivity index (χ0n) is 10.1. The Hall–Kier alpha value is -1.40. The number of benzene rings is 1. The number of methoxy groups -OCH3 is 1. The molecule has 19 heavy (non-hydrogen) atoms. The van der Waals surface area contributed by atoms with Gasteiger partial charge in [0, 0.05) is 9.37 Å². The fourth-order valence-corrected chi connectivity index (χ4v) is 2.75. The predicted octanol–water partition coefficient (Wildman–Crippen LogP) is 3.14. The molecule has 0 aliphatic carbocycles. The number of esters is 1. The molecule has 0 aliphatic rings. The van der Waals surface area contributed by atoms with E-state index >= 15 is 0 Å². The highest BCUT2D eigenvalue weighted by Gasteiger charge is 2.13. The molecule has 1 unspecified atom stereocenters. The van der Waals surface area contributed by atoms with Crippen molar-refractivity contribution in [2.24, 2.45) is 0 Å². The van der Waals surface area contributed by atoms with Crippen LogP contribution in [-0.2, 0) is 21.3 Å². The lowest BCUT2D eigenvalue weighted by atomic mass is 10.4. The molecule has 0 saturated heterocycles. The molecule has 0 fully saturated rings. The van der Waals surface area contributed by atoms with Crippen LogP contribution < -0.4 is 0 Å². The van der Waals surface area contributed by atoms with Gasteiger partial charge < -0.3 is 9.15 Å². The first-order chi connectivity index (χ1) is 9.10. The molecule has 0 saturated carbocycles. The van der Waals surface area contributed by atoms with E-state index in [1.807, 2.05) is 12.1 Å². The second-order valence-electron chi connectivity index (χ2n) is 3.70. The third-order valence-electron chi connectivity index (χ3n) is 2.40. The van der Waals surface area contributed by atoms with Crippen LogP contribution in [0.5, 0.6) is 0 Å². The molecule has 1 aromatic carbocycles. The van der Waals surface area contributed by atoms with Crippen molar-refractivity contribution in [3.05, 3.63) is 52.4 Å². The molecule has 2 aromatic rings. The van der Waals surface area contributed by atoms with Crippen LogP contribution in [0.25, 0.3) is 0 Å². The van der Waals surface area contributed by atoms with E-state index in [0.29, 0.717) is 10.7 Å². The van der Waals surface area contributed by atoms with Gasteiger partial charge in [0.15, 0.2) is 0 Å². The summed E-state index contributed by atoms with van der Waals surface area (Å²) in [4.78, 5) is 11.9. The lowest BCUT2D eigenvalue weighted by Gasteiger charge is -2.00. The van der Waals surface area contributed by atoms with Crippen LogP contribution in [0.1, 0.15) is 16.3 Å². The van der Waals surface area contributed by atoms with Crippen molar-refractivity contribution >= 4 is 32.7 Å². The third kappa shape index (κ3) is 3.54. The SMILES string of the molecule is COC(=O)c1ccc(CS(=O)c2ccc(Br)cc2)o1. The summed E-state index contributed by atoms with van der Waals surface area (Å²) in [7, 11) is 0.0711. The average Bonchev–Trinajstić information content (AvgIpc) is 2.87. The minimum absolute atomic E-state index is 0.116. The Morgan fingerprint density at radius 3 is 2.58 bits per heavy atom. The van der Waals surface area contributed by atoms with E-state index in [1.165, 1.54) is 13.2 Å². The fourth-order valence-electron chi connectivity index (χ4n) is 1.46. The predicted molar refractivity (Wildman–Crippen MR) is 74.3 cm³/mol. The summed E-state index contributed by atoms with van der Waals surface area (Å²) in [5.74, 6) is 0.283. The summed E-state index contributed by atoms with van der Waals surface area (Å²) in [6.45, 7) is 0. The normalized spacial score (nSPS) is 12.1. The largest absolute Gasteiger partial charge is 0.463 e. The lowest BCUT2D eigenvalue weighted by molar-refractivity contribution is 0.0563. The Morgan fingerprint density at radius 1 is 1.26 bits per heavy atom. The van der Waals surface area contributed by atoms with Crippen LogP contribution in [0.15, 0.2) is 50.2 Å². The zero-order chi connectivity index (χ0) is 13.8. The van der Waals surface area contributed by atoms with Crippen LogP contribution in [0.3, 0.4) is 0 Å². The molecule has 0 bridgehead atoms. The summed E-state index contributed by atoms with van der Waals surface area (Å²) in [5.41, 5.74) is 0. The quantitative estimate of drug-likeness (QED) is 0.801. The summed E-state index contributed by atoms with van der Waals surface area (Å²) < 4.78 is 22.8. The second kappa shape index (κ2) is 6.16. The van der Waals surface area contributed by atoms with Crippen molar-refractivity contribution in [3.63, 3.8) is 0 Å². The first kappa shape index (κ1) is 14.0. The van der Waals surface area contributed by atoms with Gasteiger partial charge in [-0.05, 0) is 36.4 Å². The molecule has 0 amide bonds. The van der Waals surface area contributed by atoms with E-state index in [-0.39, 0.29) is 11.5 Å². The summed E-state index contributed by atoms with van der Waals surface area (Å²) in [5, 5.41) is 0. The molecule has 0 spiro atoms. The van der Waals surface area contributed by atoms with Crippen molar-refractivity contribution in [1.29, 1.82) is 0 Å². The molecule has 2 rings (SSSR count). The van der Waals surface area contributed by atoms with Gasteiger partial charge in [0.2, 0.25) is 5.76 Å². The van der Waals surface area contributed by atoms with E-state index in [4.69, 9.17) is 4.42 Å². The van der Waals surface area contributed by atoms with Crippen molar-refractivity contribution in [2.75, 3.05) is 7.11 Å². The molecule has 0 radical (unpaired) electrons. The zero-order valence-corrected chi connectivity index (χ0v) is 12.5. The standard InChI is InChI=1S/C13H11BrO4S/c1-17-13(15)12-7-4-10(18-12)8-19(16)11-5-2-9(14)3-6-11/h2-7H,8H2,1H3. The molecule has 100 valence electrons. The molecule has 1 aromatic heterocycles. The highest BCUT2D eigenvalue weighted by Crippen LogP contribution is 2.17. The van der Waals surface area contributed by atoms with Gasteiger partial charge in [0.05, 0.1) is 23.7 Å². The maximum absolute atomic E-state index is 12.1. The Labute approximate surface area is 121 Å². The average molecular weight is 343 g/mol. The number of ether oxygens (including phenoxy) is 1. The van der Waals surface area contributed by atoms with Crippen molar-refractivity contribution < 1.29 is 18.2 Å². The molecule has 4 nitrogen and oxygen atoms in total. The molecular weight excluding hydrogens is 332 g/mol. The van der Waals surface area contributed by atoms with E-state index in [1.54, 1.807) is 18.2 Å². The number of hydrogen-bond donors (Lipinski definition) is 0. The summed E-state index contributed by atoms with van der Waals surface area (Å²) >= 11 is 3.32. The lowest BCUT2D eigenvalue weighted by Crippen LogP contribution is -1.99. The highest BCUT2D eigenvalue weighted by molar-refractivity contribution is 9.10. The van der Waals surface area contributed by atoms with Gasteiger partial charge in [-0.3, -0.25) is 4.21 Å². The third-order valence-corrected chi connectivity index (χ3v) is 4.27. The molecule has 6 heteroatoms. The number of halogens is 1. The van der Waals surface area contributed by atoms with Crippen LogP contribution in [0.4, 0.5) is 0 Å². The van der Waals surface area contributed by atoms with Gasteiger partial charge in [-0.2, -0.15) is 0 Å². The Balaban J connectivity index is 2.08. The van der Waals surface area contributed by atoms with Crippen molar-refractivity contribution in [3.8, 4) is 0 Å². The molecule has 0 aliphatic heterocycles. The molecular formula is C13H11BrO4S. The van der Waals surface area contributed by atoms with Gasteiger partial charge in [-0.25, -0.2) is 4.79 Å². The summed E-state index contributed by atoms with van der Waals surface area (Å²) in [6.07, 6.45) is 0. The van der Waals surface area contributed by atoms with Gasteiger partial charge in [0.1, 0.15) is 5.76 Å². The van der Waals surface area contributed by atoms with E-state index in [2.05, 4.69) is 20.7 Å². The second-order valence-corrected chi connectivity index (χ2v) is 6.07. The maximum atomic E-state index is 12.1. The fraction of sp³-hybridized carbons (Fsp3) is 0.154. The number of carbonyl (C=O) groups excluding carboxylic acids is 1. The van der Waals surface area contributed by atoms with Crippen molar-refractivity contribution in [2.45, 2.75) is 10.6 Å². The Morgan fingerprint density at radius 2 is 1.95 bits per heavy atom. The minimum atomic E-state index is -1.21. The van der Waals surface area contributed by atoms with Gasteiger partial charge in [-0.1, -0.05) is 15.9 Å².